The van der Waals surface area contributed by atoms with E-state index in [4.69, 9.17) is 14.2 Å². The summed E-state index contributed by atoms with van der Waals surface area (Å²) in [4.78, 5) is 0. The Hall–Kier alpha value is -0.440. The topological polar surface area (TPSA) is 176 Å². The summed E-state index contributed by atoms with van der Waals surface area (Å²) in [6, 6.07) is 0.239. The Kier molecular flexibility index (Phi) is 20.4. The molecule has 0 aromatic heterocycles. The Bertz CT molecular complexity index is 1030. The summed E-state index contributed by atoms with van der Waals surface area (Å²) in [5.74, 6) is 2.15. The van der Waals surface area contributed by atoms with E-state index in [0.29, 0.717) is 18.6 Å². The van der Waals surface area contributed by atoms with E-state index in [2.05, 4.69) is 17.6 Å². The first-order chi connectivity index (χ1) is 26.8. The molecule has 5 fully saturated rings. The third kappa shape index (κ3) is 14.1. The summed E-state index contributed by atoms with van der Waals surface area (Å²) in [5, 5.41) is 70.4. The van der Waals surface area contributed by atoms with Crippen LogP contribution >= 0.6 is 0 Å². The minimum Gasteiger partial charge on any atom is -0.394 e. The predicted octanol–water partition coefficient (Wildman–Crippen LogP) is 5.44. The van der Waals surface area contributed by atoms with Gasteiger partial charge in [-0.1, -0.05) is 142 Å². The van der Waals surface area contributed by atoms with Gasteiger partial charge < -0.3 is 44.8 Å². The molecule has 8 N–H and O–H groups in total. The van der Waals surface area contributed by atoms with Gasteiger partial charge in [0.25, 0.3) is 0 Å². The maximum atomic E-state index is 11.5. The Morgan fingerprint density at radius 2 is 1.27 bits per heavy atom. The molecule has 2 saturated carbocycles. The Morgan fingerprint density at radius 3 is 1.87 bits per heavy atom. The van der Waals surface area contributed by atoms with Crippen molar-refractivity contribution in [3.63, 3.8) is 0 Å². The molecule has 0 radical (unpaired) electrons. The van der Waals surface area contributed by atoms with Gasteiger partial charge in [-0.2, -0.15) is 0 Å². The maximum absolute atomic E-state index is 11.5. The first kappa shape index (κ1) is 45.6. The number of ether oxygens (including phenoxy) is 3. The van der Waals surface area contributed by atoms with E-state index in [-0.39, 0.29) is 18.8 Å². The van der Waals surface area contributed by atoms with Gasteiger partial charge in [-0.05, 0) is 43.4 Å². The number of aliphatic hydroxyl groups is 6. The Labute approximate surface area is 333 Å². The van der Waals surface area contributed by atoms with E-state index < -0.39 is 55.4 Å². The summed E-state index contributed by atoms with van der Waals surface area (Å²) >= 11 is 0. The van der Waals surface area contributed by atoms with Gasteiger partial charge in [-0.3, -0.25) is 10.6 Å². The fraction of sp³-hybridized carbons (Fsp3) is 1.00. The third-order valence-electron chi connectivity index (χ3n) is 14.0. The Morgan fingerprint density at radius 1 is 0.673 bits per heavy atom. The van der Waals surface area contributed by atoms with E-state index in [9.17, 15) is 30.6 Å². The molecule has 2 aliphatic carbocycles. The smallest absolute Gasteiger partial charge is 0.186 e. The molecule has 3 heterocycles. The van der Waals surface area contributed by atoms with Crippen molar-refractivity contribution in [3.05, 3.63) is 0 Å². The van der Waals surface area contributed by atoms with Crippen LogP contribution in [0.5, 0.6) is 0 Å². The van der Waals surface area contributed by atoms with Crippen molar-refractivity contribution >= 4 is 0 Å². The van der Waals surface area contributed by atoms with Crippen molar-refractivity contribution in [2.75, 3.05) is 19.8 Å². The molecule has 5 rings (SSSR count). The van der Waals surface area contributed by atoms with Crippen molar-refractivity contribution in [3.8, 4) is 0 Å². The number of unbranched alkanes of at least 4 members (excludes halogenated alkanes) is 18. The number of rotatable bonds is 31. The average molecular weight is 783 g/mol. The van der Waals surface area contributed by atoms with E-state index in [1.165, 1.54) is 122 Å². The number of hydrogen-bond donors (Lipinski definition) is 8. The number of nitrogens with one attached hydrogen (secondary N) is 2. The molecule has 0 amide bonds. The SMILES string of the molecule is CCCCCCCCCCCCCC[C@@H](O)[C@@H](O)[C@H](COC1OC(CO)C(O)C(O)C1O)C1NCC(CCCCCCCCCC[C@H]2C[C@@H]3C[C@H]2[C@@H]2O[C@H]32)N1. The predicted molar refractivity (Wildman–Crippen MR) is 214 cm³/mol. The third-order valence-corrected chi connectivity index (χ3v) is 14.0. The first-order valence-corrected chi connectivity index (χ1v) is 23.3. The van der Waals surface area contributed by atoms with Crippen molar-refractivity contribution in [2.45, 2.75) is 235 Å². The molecule has 15 atom stereocenters. The molecule has 7 unspecified atom stereocenters. The largest absolute Gasteiger partial charge is 0.394 e. The van der Waals surface area contributed by atoms with Crippen LogP contribution in [0.15, 0.2) is 0 Å². The van der Waals surface area contributed by atoms with Gasteiger partial charge in [-0.15, -0.1) is 0 Å². The van der Waals surface area contributed by atoms with Crippen LogP contribution in [-0.2, 0) is 14.2 Å². The zero-order valence-corrected chi connectivity index (χ0v) is 34.4. The van der Waals surface area contributed by atoms with Crippen molar-refractivity contribution in [2.24, 2.45) is 23.7 Å². The summed E-state index contributed by atoms with van der Waals surface area (Å²) in [6.45, 7) is 2.40. The molecule has 2 bridgehead atoms. The van der Waals surface area contributed by atoms with E-state index >= 15 is 0 Å². The van der Waals surface area contributed by atoms with Crippen LogP contribution < -0.4 is 10.6 Å². The summed E-state index contributed by atoms with van der Waals surface area (Å²) < 4.78 is 17.4. The van der Waals surface area contributed by atoms with E-state index in [1.807, 2.05) is 0 Å². The molecule has 11 heteroatoms. The highest BCUT2D eigenvalue weighted by Gasteiger charge is 2.62. The number of epoxide rings is 1. The van der Waals surface area contributed by atoms with E-state index in [1.54, 1.807) is 0 Å². The molecule has 322 valence electrons. The molecule has 3 aliphatic heterocycles. The van der Waals surface area contributed by atoms with Crippen molar-refractivity contribution in [1.82, 2.24) is 10.6 Å². The molecule has 11 nitrogen and oxygen atoms in total. The zero-order chi connectivity index (χ0) is 39.0. The number of fused-ring (bicyclic) bond motifs is 5. The summed E-state index contributed by atoms with van der Waals surface area (Å²) in [7, 11) is 0. The maximum Gasteiger partial charge on any atom is 0.186 e. The molecule has 5 aliphatic rings. The van der Waals surface area contributed by atoms with Gasteiger partial charge >= 0.3 is 0 Å². The lowest BCUT2D eigenvalue weighted by atomic mass is 9.85. The molecule has 0 aromatic carbocycles. The van der Waals surface area contributed by atoms with Gasteiger partial charge in [-0.25, -0.2) is 0 Å². The molecule has 0 aromatic rings. The normalized spacial score (nSPS) is 35.6. The fourth-order valence-electron chi connectivity index (χ4n) is 10.5. The lowest BCUT2D eigenvalue weighted by molar-refractivity contribution is -0.305. The second kappa shape index (κ2) is 24.6. The minimum absolute atomic E-state index is 0.0616. The minimum atomic E-state index is -1.54. The second-order valence-electron chi connectivity index (χ2n) is 18.3. The number of hydrogen-bond acceptors (Lipinski definition) is 11. The molecule has 3 saturated heterocycles. The van der Waals surface area contributed by atoms with Crippen LogP contribution in [0.25, 0.3) is 0 Å². The van der Waals surface area contributed by atoms with E-state index in [0.717, 1.165) is 56.4 Å². The molecular formula is C44H82N2O9. The van der Waals surface area contributed by atoms with Gasteiger partial charge in [0.15, 0.2) is 6.29 Å². The van der Waals surface area contributed by atoms with Gasteiger partial charge in [0.2, 0.25) is 0 Å². The number of aliphatic hydroxyl groups excluding tert-OH is 6. The highest BCUT2D eigenvalue weighted by atomic mass is 16.7. The monoisotopic (exact) mass is 783 g/mol. The van der Waals surface area contributed by atoms with Crippen molar-refractivity contribution in [1.29, 1.82) is 0 Å². The lowest BCUT2D eigenvalue weighted by Crippen LogP contribution is -2.60. The Balaban J connectivity index is 0.960. The average Bonchev–Trinajstić information content (AvgIpc) is 3.50. The van der Waals surface area contributed by atoms with Gasteiger partial charge in [0, 0.05) is 18.5 Å². The highest BCUT2D eigenvalue weighted by Crippen LogP contribution is 2.59. The van der Waals surface area contributed by atoms with Crippen LogP contribution in [0.2, 0.25) is 0 Å². The van der Waals surface area contributed by atoms with Gasteiger partial charge in [0.05, 0.1) is 43.8 Å². The molecule has 0 spiro atoms. The van der Waals surface area contributed by atoms with Crippen LogP contribution in [0, 0.1) is 23.7 Å². The fourth-order valence-corrected chi connectivity index (χ4v) is 10.5. The summed E-state index contributed by atoms with van der Waals surface area (Å²) in [6.07, 6.45) is 22.9. The highest BCUT2D eigenvalue weighted by molar-refractivity contribution is 5.10. The van der Waals surface area contributed by atoms with Gasteiger partial charge in [0.1, 0.15) is 24.4 Å². The van der Waals surface area contributed by atoms with Crippen LogP contribution in [-0.4, -0.2) is 118 Å². The standard InChI is InChI=1S/C44H82N2O9/c1-2-3-4-5-6-7-8-9-10-15-18-21-24-35(48)37(49)34(29-53-44-40(52)39(51)38(50)36(28-47)54-44)43-45-27-32(46-43)23-20-17-14-12-11-13-16-19-22-30-25-31-26-33(30)42-41(31)55-42/h30-52H,2-29H2,1H3/t30-,31+,32?,33+,34-,35+,36?,37-,38?,39?,40?,41+,42-,43?,44?/m0/s1. The summed E-state index contributed by atoms with van der Waals surface area (Å²) in [5.41, 5.74) is 0. The van der Waals surface area contributed by atoms with Crippen molar-refractivity contribution < 1.29 is 44.8 Å². The first-order valence-electron chi connectivity index (χ1n) is 23.3. The lowest BCUT2D eigenvalue weighted by Gasteiger charge is -2.40. The van der Waals surface area contributed by atoms with Crippen LogP contribution in [0.4, 0.5) is 0 Å². The quantitative estimate of drug-likeness (QED) is 0.0332. The molecular weight excluding hydrogens is 700 g/mol. The van der Waals surface area contributed by atoms with Crippen LogP contribution in [0.1, 0.15) is 167 Å². The van der Waals surface area contributed by atoms with Crippen LogP contribution in [0.3, 0.4) is 0 Å². The second-order valence-corrected chi connectivity index (χ2v) is 18.3. The zero-order valence-electron chi connectivity index (χ0n) is 34.4. The molecule has 55 heavy (non-hydrogen) atoms.